The van der Waals surface area contributed by atoms with Gasteiger partial charge >= 0.3 is 12.0 Å². The van der Waals surface area contributed by atoms with Crippen LogP contribution < -0.4 is 15.4 Å². The first kappa shape index (κ1) is 14.0. The van der Waals surface area contributed by atoms with Crippen molar-refractivity contribution in [3.8, 4) is 5.88 Å². The van der Waals surface area contributed by atoms with Gasteiger partial charge in [-0.25, -0.2) is 9.78 Å². The summed E-state index contributed by atoms with van der Waals surface area (Å²) in [6.45, 7) is 1.84. The number of methoxy groups -OCH3 is 1. The highest BCUT2D eigenvalue weighted by molar-refractivity contribution is 5.88. The highest BCUT2D eigenvalue weighted by atomic mass is 16.5. The van der Waals surface area contributed by atoms with E-state index >= 15 is 0 Å². The fourth-order valence-corrected chi connectivity index (χ4v) is 1.71. The van der Waals surface area contributed by atoms with Gasteiger partial charge in [0.05, 0.1) is 12.5 Å². The van der Waals surface area contributed by atoms with E-state index in [2.05, 4.69) is 20.6 Å². The summed E-state index contributed by atoms with van der Waals surface area (Å²) in [5.41, 5.74) is -0.154. The van der Waals surface area contributed by atoms with Gasteiger partial charge in [-0.3, -0.25) is 10.1 Å². The zero-order chi connectivity index (χ0) is 14.8. The van der Waals surface area contributed by atoms with E-state index in [-0.39, 0.29) is 12.5 Å². The van der Waals surface area contributed by atoms with E-state index < -0.39 is 17.4 Å². The summed E-state index contributed by atoms with van der Waals surface area (Å²) in [6, 6.07) is 1.09. The minimum absolute atomic E-state index is 0.0944. The van der Waals surface area contributed by atoms with E-state index in [1.165, 1.54) is 7.11 Å². The van der Waals surface area contributed by atoms with Crippen LogP contribution in [0, 0.1) is 12.3 Å². The van der Waals surface area contributed by atoms with Crippen LogP contribution in [0.4, 0.5) is 10.7 Å². The van der Waals surface area contributed by atoms with Crippen molar-refractivity contribution in [1.29, 1.82) is 0 Å². The number of ether oxygens (including phenoxy) is 1. The number of aliphatic carboxylic acids is 1. The summed E-state index contributed by atoms with van der Waals surface area (Å²) >= 11 is 0. The average Bonchev–Trinajstić information content (AvgIpc) is 3.16. The van der Waals surface area contributed by atoms with Gasteiger partial charge in [-0.15, -0.1) is 0 Å². The second-order valence-electron chi connectivity index (χ2n) is 4.77. The monoisotopic (exact) mass is 280 g/mol. The fourth-order valence-electron chi connectivity index (χ4n) is 1.71. The molecule has 0 saturated heterocycles. The molecular formula is C12H16N4O4. The van der Waals surface area contributed by atoms with Crippen LogP contribution in [0.25, 0.3) is 0 Å². The van der Waals surface area contributed by atoms with Crippen LogP contribution in [0.1, 0.15) is 18.5 Å². The van der Waals surface area contributed by atoms with Crippen LogP contribution >= 0.6 is 0 Å². The maximum absolute atomic E-state index is 11.7. The number of nitrogens with zero attached hydrogens (tertiary/aromatic N) is 2. The van der Waals surface area contributed by atoms with Crippen LogP contribution in [0.15, 0.2) is 6.07 Å². The fraction of sp³-hybridized carbons (Fsp3) is 0.500. The summed E-state index contributed by atoms with van der Waals surface area (Å²) in [5.74, 6) is -0.428. The number of hydrogen-bond donors (Lipinski definition) is 3. The molecule has 0 aromatic carbocycles. The molecule has 1 aromatic heterocycles. The third-order valence-electron chi connectivity index (χ3n) is 3.16. The molecule has 108 valence electrons. The average molecular weight is 280 g/mol. The number of aryl methyl sites for hydroxylation is 1. The lowest BCUT2D eigenvalue weighted by Gasteiger charge is -2.11. The van der Waals surface area contributed by atoms with Crippen LogP contribution in [0.5, 0.6) is 5.88 Å². The number of carboxylic acid groups (broad SMARTS) is 1. The molecule has 0 unspecified atom stereocenters. The largest absolute Gasteiger partial charge is 0.481 e. The predicted molar refractivity (Wildman–Crippen MR) is 69.6 cm³/mol. The SMILES string of the molecule is COc1cc(C)nc(NC(=O)NCC2(C(=O)O)CC2)n1. The highest BCUT2D eigenvalue weighted by Gasteiger charge is 2.50. The molecule has 0 atom stereocenters. The third kappa shape index (κ3) is 3.14. The first-order valence-corrected chi connectivity index (χ1v) is 6.13. The summed E-state index contributed by atoms with van der Waals surface area (Å²) < 4.78 is 4.97. The molecule has 20 heavy (non-hydrogen) atoms. The lowest BCUT2D eigenvalue weighted by molar-refractivity contribution is -0.143. The topological polar surface area (TPSA) is 113 Å². The van der Waals surface area contributed by atoms with Gasteiger partial charge in [0.25, 0.3) is 0 Å². The Morgan fingerprint density at radius 2 is 2.15 bits per heavy atom. The molecule has 1 aliphatic rings. The van der Waals surface area contributed by atoms with E-state index in [0.29, 0.717) is 24.4 Å². The first-order valence-electron chi connectivity index (χ1n) is 6.13. The van der Waals surface area contributed by atoms with Crippen molar-refractivity contribution in [3.63, 3.8) is 0 Å². The number of rotatable bonds is 5. The van der Waals surface area contributed by atoms with Gasteiger partial charge in [0.2, 0.25) is 11.8 Å². The Morgan fingerprint density at radius 1 is 1.45 bits per heavy atom. The number of aromatic nitrogens is 2. The standard InChI is InChI=1S/C12H16N4O4/c1-7-5-8(20-2)15-10(14-7)16-11(19)13-6-12(3-4-12)9(17)18/h5H,3-4,6H2,1-2H3,(H,17,18)(H2,13,14,15,16,19). The van der Waals surface area contributed by atoms with E-state index in [1.807, 2.05) is 0 Å². The second kappa shape index (κ2) is 5.32. The summed E-state index contributed by atoms with van der Waals surface area (Å²) in [5, 5.41) is 14.0. The van der Waals surface area contributed by atoms with Gasteiger partial charge in [-0.05, 0) is 19.8 Å². The molecule has 1 aromatic rings. The van der Waals surface area contributed by atoms with Crippen molar-refractivity contribution in [2.24, 2.45) is 5.41 Å². The van der Waals surface area contributed by atoms with E-state index in [4.69, 9.17) is 9.84 Å². The number of hydrogen-bond acceptors (Lipinski definition) is 5. The highest BCUT2D eigenvalue weighted by Crippen LogP contribution is 2.45. The van der Waals surface area contributed by atoms with Crippen molar-refractivity contribution in [3.05, 3.63) is 11.8 Å². The smallest absolute Gasteiger partial charge is 0.321 e. The zero-order valence-electron chi connectivity index (χ0n) is 11.3. The molecule has 0 aliphatic heterocycles. The van der Waals surface area contributed by atoms with E-state index in [1.54, 1.807) is 13.0 Å². The third-order valence-corrected chi connectivity index (χ3v) is 3.16. The number of carbonyl (C=O) groups excluding carboxylic acids is 1. The Hall–Kier alpha value is -2.38. The molecule has 0 spiro atoms. The maximum atomic E-state index is 11.7. The van der Waals surface area contributed by atoms with Gasteiger partial charge in [0.1, 0.15) is 0 Å². The lowest BCUT2D eigenvalue weighted by atomic mass is 10.1. The molecule has 1 heterocycles. The van der Waals surface area contributed by atoms with Crippen molar-refractivity contribution in [2.75, 3.05) is 19.0 Å². The Morgan fingerprint density at radius 3 is 2.70 bits per heavy atom. The van der Waals surface area contributed by atoms with E-state index in [0.717, 1.165) is 0 Å². The Bertz CT molecular complexity index is 542. The Kier molecular flexibility index (Phi) is 3.73. The van der Waals surface area contributed by atoms with Crippen molar-refractivity contribution in [1.82, 2.24) is 15.3 Å². The normalized spacial score (nSPS) is 15.3. The molecule has 0 radical (unpaired) electrons. The van der Waals surface area contributed by atoms with Crippen LogP contribution in [0.2, 0.25) is 0 Å². The van der Waals surface area contributed by atoms with Crippen molar-refractivity contribution < 1.29 is 19.4 Å². The van der Waals surface area contributed by atoms with Gasteiger partial charge in [-0.2, -0.15) is 4.98 Å². The number of anilines is 1. The molecule has 3 N–H and O–H groups in total. The molecule has 1 saturated carbocycles. The number of carbonyl (C=O) groups is 2. The Labute approximate surface area is 115 Å². The Balaban J connectivity index is 1.92. The van der Waals surface area contributed by atoms with Crippen LogP contribution in [-0.2, 0) is 4.79 Å². The first-order chi connectivity index (χ1) is 9.45. The number of urea groups is 1. The van der Waals surface area contributed by atoms with Crippen molar-refractivity contribution in [2.45, 2.75) is 19.8 Å². The predicted octanol–water partition coefficient (Wildman–Crippen LogP) is 0.780. The van der Waals surface area contributed by atoms with Gasteiger partial charge in [0.15, 0.2) is 0 Å². The zero-order valence-corrected chi connectivity index (χ0v) is 11.3. The quantitative estimate of drug-likeness (QED) is 0.734. The van der Waals surface area contributed by atoms with Gasteiger partial charge in [-0.1, -0.05) is 0 Å². The lowest BCUT2D eigenvalue weighted by Crippen LogP contribution is -2.37. The molecule has 8 heteroatoms. The van der Waals surface area contributed by atoms with Gasteiger partial charge in [0, 0.05) is 18.3 Å². The van der Waals surface area contributed by atoms with Crippen LogP contribution in [0.3, 0.4) is 0 Å². The van der Waals surface area contributed by atoms with E-state index in [9.17, 15) is 9.59 Å². The molecule has 1 aliphatic carbocycles. The number of nitrogens with one attached hydrogen (secondary N) is 2. The maximum Gasteiger partial charge on any atom is 0.321 e. The molecule has 1 fully saturated rings. The van der Waals surface area contributed by atoms with Crippen molar-refractivity contribution >= 4 is 17.9 Å². The number of carboxylic acids is 1. The molecule has 8 nitrogen and oxygen atoms in total. The molecule has 2 rings (SSSR count). The minimum atomic E-state index is -0.883. The van der Waals surface area contributed by atoms with Crippen LogP contribution in [-0.4, -0.2) is 40.7 Å². The molecule has 2 amide bonds. The summed E-state index contributed by atoms with van der Waals surface area (Å²) in [6.07, 6.45) is 1.16. The minimum Gasteiger partial charge on any atom is -0.481 e. The summed E-state index contributed by atoms with van der Waals surface area (Å²) in [7, 11) is 1.47. The van der Waals surface area contributed by atoms with Gasteiger partial charge < -0.3 is 15.2 Å². The molecular weight excluding hydrogens is 264 g/mol. The molecule has 0 bridgehead atoms. The summed E-state index contributed by atoms with van der Waals surface area (Å²) in [4.78, 5) is 30.7. The second-order valence-corrected chi connectivity index (χ2v) is 4.77. The number of amides is 2.